The van der Waals surface area contributed by atoms with Crippen molar-refractivity contribution in [3.8, 4) is 11.6 Å². The van der Waals surface area contributed by atoms with Crippen molar-refractivity contribution in [3.05, 3.63) is 41.2 Å². The van der Waals surface area contributed by atoms with E-state index in [1.165, 1.54) is 30.2 Å². The Bertz CT molecular complexity index is 622. The Morgan fingerprint density at radius 2 is 2.16 bits per heavy atom. The molecule has 1 N–H and O–H groups in total. The van der Waals surface area contributed by atoms with Gasteiger partial charge in [0.15, 0.2) is 0 Å². The molecule has 1 heterocycles. The minimum atomic E-state index is -1.11. The molecule has 0 amide bonds. The SMILES string of the molecule is CSc1cc(Oc2ccc(Cl)cc2C(=O)O)ncn1. The molecule has 1 aromatic carbocycles. The minimum absolute atomic E-state index is 0.0168. The van der Waals surface area contributed by atoms with Crippen molar-refractivity contribution in [2.24, 2.45) is 0 Å². The molecule has 0 aliphatic rings. The van der Waals surface area contributed by atoms with E-state index >= 15 is 0 Å². The molecule has 0 fully saturated rings. The Morgan fingerprint density at radius 3 is 2.84 bits per heavy atom. The molecule has 0 aliphatic carbocycles. The molecule has 0 atom stereocenters. The predicted octanol–water partition coefficient (Wildman–Crippen LogP) is 3.34. The van der Waals surface area contributed by atoms with Crippen LogP contribution >= 0.6 is 23.4 Å². The van der Waals surface area contributed by atoms with Gasteiger partial charge in [0.1, 0.15) is 22.7 Å². The number of nitrogens with zero attached hydrogens (tertiary/aromatic N) is 2. The molecule has 1 aromatic heterocycles. The number of ether oxygens (including phenoxy) is 1. The van der Waals surface area contributed by atoms with Gasteiger partial charge < -0.3 is 9.84 Å². The van der Waals surface area contributed by atoms with Gasteiger partial charge in [0.25, 0.3) is 0 Å². The fraction of sp³-hybridized carbons (Fsp3) is 0.0833. The molecule has 0 radical (unpaired) electrons. The van der Waals surface area contributed by atoms with Crippen LogP contribution in [-0.2, 0) is 0 Å². The summed E-state index contributed by atoms with van der Waals surface area (Å²) in [6.07, 6.45) is 3.23. The van der Waals surface area contributed by atoms with Crippen molar-refractivity contribution in [1.29, 1.82) is 0 Å². The van der Waals surface area contributed by atoms with Gasteiger partial charge >= 0.3 is 5.97 Å². The third-order valence-corrected chi connectivity index (χ3v) is 3.09. The topological polar surface area (TPSA) is 72.3 Å². The van der Waals surface area contributed by atoms with E-state index in [2.05, 4.69) is 9.97 Å². The average Bonchev–Trinajstić information content (AvgIpc) is 2.41. The van der Waals surface area contributed by atoms with Crippen molar-refractivity contribution in [1.82, 2.24) is 9.97 Å². The zero-order valence-electron chi connectivity index (χ0n) is 9.83. The monoisotopic (exact) mass is 296 g/mol. The Balaban J connectivity index is 2.34. The fourth-order valence-corrected chi connectivity index (χ4v) is 1.90. The standard InChI is InChI=1S/C12H9ClN2O3S/c1-19-11-5-10(14-6-15-11)18-9-3-2-7(13)4-8(9)12(16)17/h2-6H,1H3,(H,16,17). The highest BCUT2D eigenvalue weighted by atomic mass is 35.5. The van der Waals surface area contributed by atoms with Gasteiger partial charge in [-0.3, -0.25) is 0 Å². The maximum atomic E-state index is 11.1. The Hall–Kier alpha value is -1.79. The van der Waals surface area contributed by atoms with Gasteiger partial charge in [-0.05, 0) is 24.5 Å². The van der Waals surface area contributed by atoms with Crippen LogP contribution < -0.4 is 4.74 Å². The molecule has 2 rings (SSSR count). The molecule has 98 valence electrons. The van der Waals surface area contributed by atoms with Gasteiger partial charge in [-0.2, -0.15) is 0 Å². The van der Waals surface area contributed by atoms with Crippen molar-refractivity contribution >= 4 is 29.3 Å². The van der Waals surface area contributed by atoms with Crippen molar-refractivity contribution in [2.45, 2.75) is 5.03 Å². The lowest BCUT2D eigenvalue weighted by Gasteiger charge is -2.08. The summed E-state index contributed by atoms with van der Waals surface area (Å²) in [5.41, 5.74) is -0.0168. The number of carbonyl (C=O) groups is 1. The molecule has 7 heteroatoms. The first-order chi connectivity index (χ1) is 9.10. The van der Waals surface area contributed by atoms with Crippen LogP contribution in [0.5, 0.6) is 11.6 Å². The van der Waals surface area contributed by atoms with Gasteiger partial charge in [-0.15, -0.1) is 11.8 Å². The lowest BCUT2D eigenvalue weighted by atomic mass is 10.2. The summed E-state index contributed by atoms with van der Waals surface area (Å²) in [7, 11) is 0. The normalized spacial score (nSPS) is 10.2. The van der Waals surface area contributed by atoms with Gasteiger partial charge in [-0.25, -0.2) is 14.8 Å². The van der Waals surface area contributed by atoms with Gasteiger partial charge in [0.05, 0.1) is 0 Å². The van der Waals surface area contributed by atoms with Crippen LogP contribution in [0.25, 0.3) is 0 Å². The van der Waals surface area contributed by atoms with Gasteiger partial charge in [0, 0.05) is 11.1 Å². The highest BCUT2D eigenvalue weighted by molar-refractivity contribution is 7.98. The molecule has 0 unspecified atom stereocenters. The Labute approximate surface area is 118 Å². The Morgan fingerprint density at radius 1 is 1.37 bits per heavy atom. The van der Waals surface area contributed by atoms with Crippen LogP contribution in [0, 0.1) is 0 Å². The van der Waals surface area contributed by atoms with Crippen molar-refractivity contribution < 1.29 is 14.6 Å². The maximum absolute atomic E-state index is 11.1. The van der Waals surface area contributed by atoms with E-state index in [1.54, 1.807) is 12.1 Å². The van der Waals surface area contributed by atoms with E-state index in [0.717, 1.165) is 5.03 Å². The van der Waals surface area contributed by atoms with Crippen LogP contribution in [0.1, 0.15) is 10.4 Å². The second kappa shape index (κ2) is 5.90. The summed E-state index contributed by atoms with van der Waals surface area (Å²) in [5.74, 6) is -0.650. The fourth-order valence-electron chi connectivity index (χ4n) is 1.36. The number of aromatic nitrogens is 2. The summed E-state index contributed by atoms with van der Waals surface area (Å²) in [6.45, 7) is 0. The number of rotatable bonds is 4. The van der Waals surface area contributed by atoms with Crippen LogP contribution in [0.4, 0.5) is 0 Å². The van der Waals surface area contributed by atoms with Crippen LogP contribution in [-0.4, -0.2) is 27.3 Å². The second-order valence-electron chi connectivity index (χ2n) is 3.45. The number of thioether (sulfide) groups is 1. The van der Waals surface area contributed by atoms with Crippen molar-refractivity contribution in [2.75, 3.05) is 6.26 Å². The molecule has 0 bridgehead atoms. The Kier molecular flexibility index (Phi) is 4.24. The van der Waals surface area contributed by atoms with Crippen LogP contribution in [0.2, 0.25) is 5.02 Å². The molecule has 5 nitrogen and oxygen atoms in total. The third kappa shape index (κ3) is 3.36. The number of hydrogen-bond donors (Lipinski definition) is 1. The molecular formula is C12H9ClN2O3S. The van der Waals surface area contributed by atoms with Crippen molar-refractivity contribution in [3.63, 3.8) is 0 Å². The highest BCUT2D eigenvalue weighted by Crippen LogP contribution is 2.27. The molecule has 19 heavy (non-hydrogen) atoms. The number of carboxylic acids is 1. The lowest BCUT2D eigenvalue weighted by molar-refractivity contribution is 0.0694. The van der Waals surface area contributed by atoms with Gasteiger partial charge in [0.2, 0.25) is 5.88 Å². The summed E-state index contributed by atoms with van der Waals surface area (Å²) in [6, 6.07) is 6.01. The van der Waals surface area contributed by atoms with E-state index in [1.807, 2.05) is 6.26 Å². The number of halogens is 1. The minimum Gasteiger partial charge on any atom is -0.478 e. The molecule has 0 aliphatic heterocycles. The largest absolute Gasteiger partial charge is 0.478 e. The number of hydrogen-bond acceptors (Lipinski definition) is 5. The third-order valence-electron chi connectivity index (χ3n) is 2.21. The predicted molar refractivity (Wildman–Crippen MR) is 72.3 cm³/mol. The number of aromatic carboxylic acids is 1. The smallest absolute Gasteiger partial charge is 0.339 e. The number of carboxylic acid groups (broad SMARTS) is 1. The molecular weight excluding hydrogens is 288 g/mol. The zero-order valence-corrected chi connectivity index (χ0v) is 11.4. The van der Waals surface area contributed by atoms with E-state index in [0.29, 0.717) is 5.02 Å². The van der Waals surface area contributed by atoms with E-state index in [9.17, 15) is 4.79 Å². The van der Waals surface area contributed by atoms with Gasteiger partial charge in [-0.1, -0.05) is 11.6 Å². The van der Waals surface area contributed by atoms with Crippen LogP contribution in [0.3, 0.4) is 0 Å². The first kappa shape index (κ1) is 13.6. The second-order valence-corrected chi connectivity index (χ2v) is 4.71. The maximum Gasteiger partial charge on any atom is 0.339 e. The average molecular weight is 297 g/mol. The molecule has 0 saturated carbocycles. The summed E-state index contributed by atoms with van der Waals surface area (Å²) in [5, 5.41) is 10.2. The number of benzene rings is 1. The first-order valence-electron chi connectivity index (χ1n) is 5.17. The first-order valence-corrected chi connectivity index (χ1v) is 6.77. The molecule has 0 saturated heterocycles. The summed E-state index contributed by atoms with van der Waals surface area (Å²) >= 11 is 7.20. The lowest BCUT2D eigenvalue weighted by Crippen LogP contribution is -2.00. The molecule has 2 aromatic rings. The van der Waals surface area contributed by atoms with E-state index < -0.39 is 5.97 Å². The summed E-state index contributed by atoms with van der Waals surface area (Å²) in [4.78, 5) is 19.1. The highest BCUT2D eigenvalue weighted by Gasteiger charge is 2.13. The summed E-state index contributed by atoms with van der Waals surface area (Å²) < 4.78 is 5.46. The zero-order chi connectivity index (χ0) is 13.8. The van der Waals surface area contributed by atoms with E-state index in [4.69, 9.17) is 21.4 Å². The van der Waals surface area contributed by atoms with Crippen LogP contribution in [0.15, 0.2) is 35.6 Å². The van der Waals surface area contributed by atoms with E-state index in [-0.39, 0.29) is 17.2 Å². The quantitative estimate of drug-likeness (QED) is 0.689. The molecule has 0 spiro atoms.